The normalized spacial score (nSPS) is 13.3. The topological polar surface area (TPSA) is 27.7 Å². The molecule has 0 aromatic carbocycles. The lowest BCUT2D eigenvalue weighted by Crippen LogP contribution is -2.47. The van der Waals surface area contributed by atoms with Gasteiger partial charge in [-0.1, -0.05) is 66.2 Å². The zero-order chi connectivity index (χ0) is 18.8. The zero-order valence-electron chi connectivity index (χ0n) is 17.3. The van der Waals surface area contributed by atoms with Crippen LogP contribution >= 0.6 is 11.6 Å². The van der Waals surface area contributed by atoms with E-state index >= 15 is 0 Å². The van der Waals surface area contributed by atoms with Gasteiger partial charge in [-0.25, -0.2) is 0 Å². The molecule has 3 nitrogen and oxygen atoms in total. The first-order valence-electron chi connectivity index (χ1n) is 10.7. The highest BCUT2D eigenvalue weighted by Crippen LogP contribution is 2.24. The molecule has 0 aromatic heterocycles. The third kappa shape index (κ3) is 14.2. The fourth-order valence-electron chi connectivity index (χ4n) is 2.55. The average Bonchev–Trinajstić information content (AvgIpc) is 2.61. The molecule has 0 aliphatic heterocycles. The number of alkyl halides is 1. The summed E-state index contributed by atoms with van der Waals surface area (Å²) in [5.41, 5.74) is 0. The van der Waals surface area contributed by atoms with E-state index in [-0.39, 0.29) is 5.38 Å². The Morgan fingerprint density at radius 1 is 0.640 bits per heavy atom. The van der Waals surface area contributed by atoms with E-state index in [2.05, 4.69) is 27.7 Å². The van der Waals surface area contributed by atoms with E-state index in [1.807, 2.05) is 0 Å². The van der Waals surface area contributed by atoms with Gasteiger partial charge in [0, 0.05) is 31.2 Å². The van der Waals surface area contributed by atoms with E-state index in [1.54, 1.807) is 0 Å². The summed E-state index contributed by atoms with van der Waals surface area (Å²) in [6.45, 7) is 11.0. The van der Waals surface area contributed by atoms with E-state index in [9.17, 15) is 0 Å². The second-order valence-electron chi connectivity index (χ2n) is 6.92. The maximum Gasteiger partial charge on any atom is 0.501 e. The van der Waals surface area contributed by atoms with Crippen LogP contribution in [0, 0.1) is 0 Å². The Kier molecular flexibility index (Phi) is 18.1. The highest BCUT2D eigenvalue weighted by Gasteiger charge is 2.41. The minimum atomic E-state index is -2.60. The molecular weight excluding hydrogens is 352 g/mol. The Morgan fingerprint density at radius 3 is 1.48 bits per heavy atom. The predicted molar refractivity (Wildman–Crippen MR) is 112 cm³/mol. The van der Waals surface area contributed by atoms with Crippen LogP contribution in [-0.2, 0) is 13.3 Å². The van der Waals surface area contributed by atoms with Crippen LogP contribution < -0.4 is 0 Å². The third-order valence-corrected chi connectivity index (χ3v) is 7.61. The fourth-order valence-corrected chi connectivity index (χ4v) is 5.75. The van der Waals surface area contributed by atoms with Gasteiger partial charge in [-0.2, -0.15) is 0 Å². The van der Waals surface area contributed by atoms with Crippen molar-refractivity contribution in [1.82, 2.24) is 0 Å². The maximum atomic E-state index is 6.56. The Bertz CT molecular complexity index is 253. The standard InChI is InChI=1S/C20H43ClO3Si/c1-5-9-13-14-20(21)15-19-25(22-16-10-6-2,23-17-11-7-3)24-18-12-8-4/h20H,5-19H2,1-4H3. The maximum absolute atomic E-state index is 6.56. The molecule has 0 aliphatic carbocycles. The minimum absolute atomic E-state index is 0.206. The van der Waals surface area contributed by atoms with Gasteiger partial charge in [-0.05, 0) is 32.1 Å². The molecule has 0 fully saturated rings. The van der Waals surface area contributed by atoms with Crippen molar-refractivity contribution >= 4 is 20.4 Å². The number of halogens is 1. The van der Waals surface area contributed by atoms with Gasteiger partial charge in [0.05, 0.1) is 0 Å². The van der Waals surface area contributed by atoms with Crippen molar-refractivity contribution in [2.75, 3.05) is 19.8 Å². The van der Waals surface area contributed by atoms with Crippen molar-refractivity contribution in [1.29, 1.82) is 0 Å². The molecule has 1 unspecified atom stereocenters. The van der Waals surface area contributed by atoms with Gasteiger partial charge >= 0.3 is 8.80 Å². The summed E-state index contributed by atoms with van der Waals surface area (Å²) < 4.78 is 18.8. The largest absolute Gasteiger partial charge is 0.501 e. The SMILES string of the molecule is CCCCCC(Cl)CC[Si](OCCCC)(OCCCC)OCCCC. The van der Waals surface area contributed by atoms with Crippen LogP contribution in [0.4, 0.5) is 0 Å². The fraction of sp³-hybridized carbons (Fsp3) is 1.00. The summed E-state index contributed by atoms with van der Waals surface area (Å²) in [4.78, 5) is 0. The van der Waals surface area contributed by atoms with Crippen LogP contribution in [0.2, 0.25) is 6.04 Å². The molecule has 0 bridgehead atoms. The number of unbranched alkanes of at least 4 members (excludes halogenated alkanes) is 5. The van der Waals surface area contributed by atoms with Gasteiger partial charge in [0.1, 0.15) is 0 Å². The van der Waals surface area contributed by atoms with Crippen molar-refractivity contribution in [3.05, 3.63) is 0 Å². The van der Waals surface area contributed by atoms with Crippen LogP contribution in [0.1, 0.15) is 98.3 Å². The van der Waals surface area contributed by atoms with Crippen LogP contribution in [0.15, 0.2) is 0 Å². The van der Waals surface area contributed by atoms with Gasteiger partial charge in [-0.3, -0.25) is 0 Å². The molecule has 1 atom stereocenters. The van der Waals surface area contributed by atoms with Crippen LogP contribution in [0.25, 0.3) is 0 Å². The van der Waals surface area contributed by atoms with Crippen molar-refractivity contribution in [2.45, 2.75) is 110 Å². The van der Waals surface area contributed by atoms with E-state index < -0.39 is 8.80 Å². The minimum Gasteiger partial charge on any atom is -0.373 e. The lowest BCUT2D eigenvalue weighted by atomic mass is 10.1. The molecule has 0 heterocycles. The van der Waals surface area contributed by atoms with E-state index in [0.29, 0.717) is 0 Å². The van der Waals surface area contributed by atoms with Crippen molar-refractivity contribution < 1.29 is 13.3 Å². The number of hydrogen-bond donors (Lipinski definition) is 0. The molecule has 0 aliphatic rings. The van der Waals surface area contributed by atoms with Crippen molar-refractivity contribution in [2.24, 2.45) is 0 Å². The second kappa shape index (κ2) is 17.8. The summed E-state index contributed by atoms with van der Waals surface area (Å²) in [7, 11) is -2.60. The second-order valence-corrected chi connectivity index (χ2v) is 10.3. The lowest BCUT2D eigenvalue weighted by molar-refractivity contribution is 0.0557. The molecular formula is C20H43ClO3Si. The molecule has 0 saturated carbocycles. The Hall–Kier alpha value is 0.387. The molecule has 25 heavy (non-hydrogen) atoms. The predicted octanol–water partition coefficient (Wildman–Crippen LogP) is 6.95. The summed E-state index contributed by atoms with van der Waals surface area (Å²) >= 11 is 6.56. The first-order chi connectivity index (χ1) is 12.1. The van der Waals surface area contributed by atoms with Gasteiger partial charge in [0.2, 0.25) is 0 Å². The first kappa shape index (κ1) is 25.4. The van der Waals surface area contributed by atoms with E-state index in [1.165, 1.54) is 19.3 Å². The van der Waals surface area contributed by atoms with Gasteiger partial charge < -0.3 is 13.3 Å². The summed E-state index contributed by atoms with van der Waals surface area (Å²) in [5.74, 6) is 0. The van der Waals surface area contributed by atoms with E-state index in [0.717, 1.165) is 77.2 Å². The number of hydrogen-bond acceptors (Lipinski definition) is 3. The molecule has 0 N–H and O–H groups in total. The molecule has 0 amide bonds. The van der Waals surface area contributed by atoms with Crippen molar-refractivity contribution in [3.8, 4) is 0 Å². The molecule has 0 aromatic rings. The lowest BCUT2D eigenvalue weighted by Gasteiger charge is -2.30. The van der Waals surface area contributed by atoms with Crippen LogP contribution in [-0.4, -0.2) is 34.0 Å². The Balaban J connectivity index is 4.68. The molecule has 0 rings (SSSR count). The van der Waals surface area contributed by atoms with Gasteiger partial charge in [0.15, 0.2) is 0 Å². The molecule has 0 radical (unpaired) electrons. The smallest absolute Gasteiger partial charge is 0.373 e. The van der Waals surface area contributed by atoms with E-state index in [4.69, 9.17) is 24.9 Å². The third-order valence-electron chi connectivity index (χ3n) is 4.34. The summed E-state index contributed by atoms with van der Waals surface area (Å²) in [6, 6.07) is 0.852. The van der Waals surface area contributed by atoms with Crippen LogP contribution in [0.3, 0.4) is 0 Å². The molecule has 152 valence electrons. The quantitative estimate of drug-likeness (QED) is 0.135. The number of rotatable bonds is 19. The molecule has 5 heteroatoms. The van der Waals surface area contributed by atoms with Crippen molar-refractivity contribution in [3.63, 3.8) is 0 Å². The molecule has 0 spiro atoms. The monoisotopic (exact) mass is 394 g/mol. The Labute approximate surface area is 163 Å². The molecule has 0 saturated heterocycles. The summed E-state index contributed by atoms with van der Waals surface area (Å²) in [5, 5.41) is 0.206. The highest BCUT2D eigenvalue weighted by molar-refractivity contribution is 6.60. The Morgan fingerprint density at radius 2 is 1.08 bits per heavy atom. The highest BCUT2D eigenvalue weighted by atomic mass is 35.5. The summed E-state index contributed by atoms with van der Waals surface area (Å²) in [6.07, 6.45) is 12.3. The van der Waals surface area contributed by atoms with Gasteiger partial charge in [0.25, 0.3) is 0 Å². The van der Waals surface area contributed by atoms with Gasteiger partial charge in [-0.15, -0.1) is 11.6 Å². The average molecular weight is 395 g/mol. The van der Waals surface area contributed by atoms with Crippen LogP contribution in [0.5, 0.6) is 0 Å². The first-order valence-corrected chi connectivity index (χ1v) is 13.1. The zero-order valence-corrected chi connectivity index (χ0v) is 19.0.